The molecule has 7 rings (SSSR count). The second kappa shape index (κ2) is 8.14. The molecule has 0 radical (unpaired) electrons. The van der Waals surface area contributed by atoms with Gasteiger partial charge >= 0.3 is 0 Å². The molecule has 0 N–H and O–H groups in total. The molecule has 0 spiro atoms. The molecule has 1 aromatic carbocycles. The zero-order chi connectivity index (χ0) is 21.7. The first-order chi connectivity index (χ1) is 15.7. The summed E-state index contributed by atoms with van der Waals surface area (Å²) in [5.74, 6) is 1.29. The lowest BCUT2D eigenvalue weighted by atomic mass is 9.94. The number of benzene rings is 1. The highest BCUT2D eigenvalue weighted by Gasteiger charge is 2.32. The van der Waals surface area contributed by atoms with E-state index < -0.39 is 0 Å². The molecule has 0 unspecified atom stereocenters. The number of fused-ring (bicyclic) bond motifs is 3. The van der Waals surface area contributed by atoms with Crippen LogP contribution in [0.15, 0.2) is 36.5 Å². The van der Waals surface area contributed by atoms with Gasteiger partial charge in [-0.3, -0.25) is 4.90 Å². The maximum absolute atomic E-state index is 14.2. The molecule has 2 aromatic heterocycles. The molecular weight excluding hydrogens is 407 g/mol. The van der Waals surface area contributed by atoms with Crippen LogP contribution in [0, 0.1) is 5.82 Å². The molecule has 0 saturated carbocycles. The molecule has 0 atom stereocenters. The van der Waals surface area contributed by atoms with Gasteiger partial charge in [0.25, 0.3) is 0 Å². The molecule has 0 aliphatic carbocycles. The Hall–Kier alpha value is -2.48. The Morgan fingerprint density at radius 3 is 2.69 bits per heavy atom. The van der Waals surface area contributed by atoms with Gasteiger partial charge in [0.15, 0.2) is 6.29 Å². The fraction of sp³-hybridized carbons (Fsp3) is 0.480. The van der Waals surface area contributed by atoms with Gasteiger partial charge in [0.05, 0.1) is 19.8 Å². The third kappa shape index (κ3) is 3.58. The second-order valence-corrected chi connectivity index (χ2v) is 9.24. The van der Waals surface area contributed by atoms with E-state index in [2.05, 4.69) is 26.5 Å². The number of likely N-dealkylation sites (N-methyl/N-ethyl adjacent to an activating group) is 1. The maximum atomic E-state index is 14.2. The molecular formula is C25H29FN4O2. The molecule has 7 heteroatoms. The van der Waals surface area contributed by atoms with Crippen molar-refractivity contribution in [1.82, 2.24) is 14.5 Å². The zero-order valence-corrected chi connectivity index (χ0v) is 18.5. The summed E-state index contributed by atoms with van der Waals surface area (Å²) < 4.78 is 27.7. The zero-order valence-electron chi connectivity index (χ0n) is 18.5. The maximum Gasteiger partial charge on any atom is 0.175 e. The molecule has 3 aromatic rings. The van der Waals surface area contributed by atoms with Crippen LogP contribution in [0.1, 0.15) is 35.6 Å². The van der Waals surface area contributed by atoms with E-state index in [1.807, 2.05) is 19.3 Å². The van der Waals surface area contributed by atoms with Gasteiger partial charge in [-0.15, -0.1) is 0 Å². The van der Waals surface area contributed by atoms with Gasteiger partial charge in [0.2, 0.25) is 0 Å². The van der Waals surface area contributed by atoms with Crippen molar-refractivity contribution in [1.29, 1.82) is 0 Å². The second-order valence-electron chi connectivity index (χ2n) is 9.24. The summed E-state index contributed by atoms with van der Waals surface area (Å²) in [4.78, 5) is 9.28. The van der Waals surface area contributed by atoms with Crippen LogP contribution in [0.3, 0.4) is 0 Å². The molecule has 32 heavy (non-hydrogen) atoms. The number of piperidine rings is 1. The lowest BCUT2D eigenvalue weighted by Crippen LogP contribution is -2.30. The highest BCUT2D eigenvalue weighted by atomic mass is 19.1. The fourth-order valence-electron chi connectivity index (χ4n) is 5.56. The third-order valence-electron chi connectivity index (χ3n) is 7.19. The Morgan fingerprint density at radius 1 is 1.12 bits per heavy atom. The number of hydrogen-bond acceptors (Lipinski definition) is 5. The van der Waals surface area contributed by atoms with E-state index in [9.17, 15) is 4.39 Å². The number of halogens is 1. The molecule has 168 valence electrons. The molecule has 4 aliphatic rings. The van der Waals surface area contributed by atoms with Gasteiger partial charge in [-0.05, 0) is 61.3 Å². The third-order valence-corrected chi connectivity index (χ3v) is 7.19. The Labute approximate surface area is 187 Å². The van der Waals surface area contributed by atoms with Gasteiger partial charge < -0.3 is 18.9 Å². The highest BCUT2D eigenvalue weighted by molar-refractivity contribution is 5.86. The van der Waals surface area contributed by atoms with Gasteiger partial charge in [0, 0.05) is 48.8 Å². The number of hydrogen-bond donors (Lipinski definition) is 0. The van der Waals surface area contributed by atoms with Crippen LogP contribution < -0.4 is 4.90 Å². The summed E-state index contributed by atoms with van der Waals surface area (Å²) in [6.45, 7) is 5.91. The van der Waals surface area contributed by atoms with Gasteiger partial charge in [-0.25, -0.2) is 9.37 Å². The molecule has 6 nitrogen and oxygen atoms in total. The lowest BCUT2D eigenvalue weighted by molar-refractivity contribution is -0.0337. The number of ether oxygens (including phenoxy) is 2. The number of anilines is 1. The van der Waals surface area contributed by atoms with Crippen LogP contribution in [0.5, 0.6) is 0 Å². The first-order valence-corrected chi connectivity index (χ1v) is 11.6. The molecule has 2 bridgehead atoms. The minimum absolute atomic E-state index is 0.159. The van der Waals surface area contributed by atoms with Crippen LogP contribution in [0.2, 0.25) is 0 Å². The van der Waals surface area contributed by atoms with Gasteiger partial charge in [-0.1, -0.05) is 6.07 Å². The van der Waals surface area contributed by atoms with Crippen LogP contribution in [-0.2, 0) is 22.6 Å². The Morgan fingerprint density at radius 2 is 1.94 bits per heavy atom. The summed E-state index contributed by atoms with van der Waals surface area (Å²) in [7, 11) is 2.01. The number of aromatic nitrogens is 2. The molecule has 2 fully saturated rings. The van der Waals surface area contributed by atoms with Crippen molar-refractivity contribution in [2.45, 2.75) is 38.1 Å². The fourth-order valence-corrected chi connectivity index (χ4v) is 5.56. The van der Waals surface area contributed by atoms with Crippen LogP contribution in [0.25, 0.3) is 10.9 Å². The van der Waals surface area contributed by atoms with Crippen molar-refractivity contribution < 1.29 is 13.9 Å². The van der Waals surface area contributed by atoms with Crippen molar-refractivity contribution in [3.05, 3.63) is 59.2 Å². The SMILES string of the molecule is CN(CC1OCCO1)c1ccc(Cn2c3c(c4cc(F)ccc42)CN2CCC3CC2)cn1. The standard InChI is InChI=1S/C25H29FN4O2/c1-28(16-24-31-10-11-32-24)23-5-2-17(13-27-23)14-30-22-4-3-19(26)12-20(22)21-15-29-8-6-18(7-9-29)25(21)30/h2-5,12-13,18,24H,6-11,14-16H2,1H3. The predicted molar refractivity (Wildman–Crippen MR) is 121 cm³/mol. The minimum Gasteiger partial charge on any atom is -0.355 e. The molecule has 2 saturated heterocycles. The van der Waals surface area contributed by atoms with E-state index in [0.717, 1.165) is 48.5 Å². The molecule has 4 aliphatic heterocycles. The van der Waals surface area contributed by atoms with Crippen LogP contribution >= 0.6 is 0 Å². The Kier molecular flexibility index (Phi) is 5.12. The predicted octanol–water partition coefficient (Wildman–Crippen LogP) is 3.73. The quantitative estimate of drug-likeness (QED) is 0.610. The summed E-state index contributed by atoms with van der Waals surface area (Å²) in [5.41, 5.74) is 5.00. The van der Waals surface area contributed by atoms with Crippen molar-refractivity contribution in [2.24, 2.45) is 0 Å². The highest BCUT2D eigenvalue weighted by Crippen LogP contribution is 2.41. The summed E-state index contributed by atoms with van der Waals surface area (Å²) in [6.07, 6.45) is 4.13. The Bertz CT molecular complexity index is 1120. The van der Waals surface area contributed by atoms with E-state index >= 15 is 0 Å². The van der Waals surface area contributed by atoms with E-state index in [1.54, 1.807) is 12.1 Å². The summed E-state index contributed by atoms with van der Waals surface area (Å²) in [6, 6.07) is 9.46. The van der Waals surface area contributed by atoms with Gasteiger partial charge in [0.1, 0.15) is 11.6 Å². The summed E-state index contributed by atoms with van der Waals surface area (Å²) in [5, 5.41) is 1.07. The van der Waals surface area contributed by atoms with E-state index in [-0.39, 0.29) is 12.1 Å². The molecule has 0 amide bonds. The van der Waals surface area contributed by atoms with E-state index in [1.165, 1.54) is 24.1 Å². The monoisotopic (exact) mass is 436 g/mol. The average molecular weight is 437 g/mol. The largest absolute Gasteiger partial charge is 0.355 e. The smallest absolute Gasteiger partial charge is 0.175 e. The normalized spacial score (nSPS) is 22.9. The number of rotatable bonds is 5. The number of nitrogens with zero attached hydrogens (tertiary/aromatic N) is 4. The van der Waals surface area contributed by atoms with E-state index in [0.29, 0.717) is 25.7 Å². The first-order valence-electron chi connectivity index (χ1n) is 11.6. The van der Waals surface area contributed by atoms with E-state index in [4.69, 9.17) is 14.5 Å². The lowest BCUT2D eigenvalue weighted by Gasteiger charge is -2.27. The van der Waals surface area contributed by atoms with Gasteiger partial charge in [-0.2, -0.15) is 0 Å². The Balaban J connectivity index is 1.31. The topological polar surface area (TPSA) is 42.8 Å². The molecule has 6 heterocycles. The van der Waals surface area contributed by atoms with Crippen molar-refractivity contribution in [2.75, 3.05) is 44.8 Å². The van der Waals surface area contributed by atoms with Crippen LogP contribution in [0.4, 0.5) is 10.2 Å². The first kappa shape index (κ1) is 20.1. The van der Waals surface area contributed by atoms with Crippen LogP contribution in [-0.4, -0.2) is 60.6 Å². The number of pyridine rings is 1. The van der Waals surface area contributed by atoms with Crippen molar-refractivity contribution >= 4 is 16.7 Å². The van der Waals surface area contributed by atoms with Crippen molar-refractivity contribution in [3.8, 4) is 0 Å². The van der Waals surface area contributed by atoms with Crippen molar-refractivity contribution in [3.63, 3.8) is 0 Å². The minimum atomic E-state index is -0.186. The average Bonchev–Trinajstić information content (AvgIpc) is 3.31. The summed E-state index contributed by atoms with van der Waals surface area (Å²) >= 11 is 0.